The van der Waals surface area contributed by atoms with Crippen molar-refractivity contribution in [2.45, 2.75) is 103 Å². The van der Waals surface area contributed by atoms with Crippen LogP contribution < -0.4 is 0 Å². The van der Waals surface area contributed by atoms with Gasteiger partial charge in [0.05, 0.1) is 5.69 Å². The van der Waals surface area contributed by atoms with Gasteiger partial charge in [-0.3, -0.25) is 14.4 Å². The number of likely N-dealkylation sites (N-methyl/N-ethyl adjacent to an activating group) is 1. The molecule has 2 heterocycles. The van der Waals surface area contributed by atoms with Gasteiger partial charge in [0.25, 0.3) is 0 Å². The van der Waals surface area contributed by atoms with Gasteiger partial charge in [-0.2, -0.15) is 5.10 Å². The minimum Gasteiger partial charge on any atom is -0.480 e. The van der Waals surface area contributed by atoms with E-state index in [-0.39, 0.29) is 60.9 Å². The average Bonchev–Trinajstić information content (AvgIpc) is 3.61. The summed E-state index contributed by atoms with van der Waals surface area (Å²) in [6, 6.07) is 18.0. The number of nitrogens with zero attached hydrogens (tertiary/aromatic N) is 4. The van der Waals surface area contributed by atoms with E-state index in [1.54, 1.807) is 6.07 Å². The van der Waals surface area contributed by atoms with Crippen molar-refractivity contribution in [1.29, 1.82) is 0 Å². The Morgan fingerprint density at radius 3 is 2.23 bits per heavy atom. The number of hydrogen-bond donors (Lipinski definition) is 1. The lowest BCUT2D eigenvalue weighted by Gasteiger charge is -2.35. The number of halogens is 4. The summed E-state index contributed by atoms with van der Waals surface area (Å²) in [5, 5.41) is 15.0. The van der Waals surface area contributed by atoms with E-state index in [2.05, 4.69) is 71.7 Å². The molecule has 1 aromatic heterocycles. The topological polar surface area (TPSA) is 61.6 Å². The highest BCUT2D eigenvalue weighted by molar-refractivity contribution is 5.86. The number of likely N-dealkylation sites (tertiary alicyclic amines) is 1. The summed E-state index contributed by atoms with van der Waals surface area (Å²) >= 11 is 0. The first-order valence-corrected chi connectivity index (χ1v) is 17.1. The fourth-order valence-electron chi connectivity index (χ4n) is 8.06. The molecule has 1 aliphatic heterocycles. The lowest BCUT2D eigenvalue weighted by molar-refractivity contribution is -0.145. The second-order valence-electron chi connectivity index (χ2n) is 14.3. The Morgan fingerprint density at radius 2 is 1.67 bits per heavy atom. The van der Waals surface area contributed by atoms with Crippen LogP contribution in [-0.2, 0) is 17.8 Å². The van der Waals surface area contributed by atoms with Gasteiger partial charge < -0.3 is 10.0 Å². The van der Waals surface area contributed by atoms with Crippen molar-refractivity contribution in [2.75, 3.05) is 26.7 Å². The summed E-state index contributed by atoms with van der Waals surface area (Å²) < 4.78 is 16.5. The van der Waals surface area contributed by atoms with Crippen LogP contribution in [0.1, 0.15) is 106 Å². The molecule has 0 bridgehead atoms. The maximum atomic E-state index is 14.3. The molecule has 1 saturated carbocycles. The lowest BCUT2D eigenvalue weighted by Crippen LogP contribution is -2.47. The van der Waals surface area contributed by atoms with Gasteiger partial charge in [0.1, 0.15) is 11.9 Å². The van der Waals surface area contributed by atoms with Crippen LogP contribution in [0.4, 0.5) is 4.39 Å². The molecule has 10 heteroatoms. The Morgan fingerprint density at radius 1 is 1.00 bits per heavy atom. The van der Waals surface area contributed by atoms with Crippen molar-refractivity contribution >= 4 is 43.2 Å². The Balaban J connectivity index is 0.00000267. The smallest absolute Gasteiger partial charge is 0.321 e. The van der Waals surface area contributed by atoms with Crippen molar-refractivity contribution in [3.8, 4) is 0 Å². The number of aryl methyl sites for hydroxylation is 1. The van der Waals surface area contributed by atoms with Crippen molar-refractivity contribution in [2.24, 2.45) is 11.8 Å². The Kier molecular flexibility index (Phi) is 16.4. The van der Waals surface area contributed by atoms with E-state index < -0.39 is 12.0 Å². The number of hydrogen-bond acceptors (Lipinski definition) is 4. The quantitative estimate of drug-likeness (QED) is 0.202. The number of piperidine rings is 1. The zero-order chi connectivity index (χ0) is 32.2. The third-order valence-corrected chi connectivity index (χ3v) is 10.5. The minimum atomic E-state index is -0.765. The van der Waals surface area contributed by atoms with E-state index in [1.165, 1.54) is 22.9 Å². The van der Waals surface area contributed by atoms with Gasteiger partial charge in [-0.15, -0.1) is 37.2 Å². The first-order valence-electron chi connectivity index (χ1n) is 17.1. The molecular formula is C38H56Cl3FN4O2. The van der Waals surface area contributed by atoms with Crippen molar-refractivity contribution in [3.63, 3.8) is 0 Å². The van der Waals surface area contributed by atoms with E-state index in [1.807, 2.05) is 27.0 Å². The van der Waals surface area contributed by atoms with E-state index in [9.17, 15) is 14.3 Å². The zero-order valence-electron chi connectivity index (χ0n) is 29.3. The standard InChI is InChI=1S/C38H53FN4O2.3ClH/c1-7-43-36(22-33(40-43)19-27-11-13-28(14-12-27)25(2)3)29-15-17-42(18-16-29)24-31-21-34(41(6)37(26(4)5)38(44)45)23-35(31)30-9-8-10-32(39)20-30;;;/h8-14,20,22,25-26,29,31,34-35,37H,7,15-19,21,23-24H2,1-6H3,(H,44,45);3*1H/t31?,34?,35?,37-;;;/m1.../s1. The molecular weight excluding hydrogens is 670 g/mol. The Bertz CT molecular complexity index is 1430. The van der Waals surface area contributed by atoms with Crippen molar-refractivity contribution in [3.05, 3.63) is 88.5 Å². The second kappa shape index (κ2) is 18.7. The summed E-state index contributed by atoms with van der Waals surface area (Å²) in [4.78, 5) is 16.8. The molecule has 1 saturated heterocycles. The first-order chi connectivity index (χ1) is 21.5. The number of carboxylic acid groups (broad SMARTS) is 1. The molecule has 1 N–H and O–H groups in total. The summed E-state index contributed by atoms with van der Waals surface area (Å²) in [5.41, 5.74) is 6.22. The van der Waals surface area contributed by atoms with Gasteiger partial charge >= 0.3 is 5.97 Å². The van der Waals surface area contributed by atoms with Crippen LogP contribution in [0.15, 0.2) is 54.6 Å². The fourth-order valence-corrected chi connectivity index (χ4v) is 8.06. The molecule has 6 nitrogen and oxygen atoms in total. The molecule has 1 aliphatic carbocycles. The SMILES string of the molecule is CCn1nc(Cc2ccc(C(C)C)cc2)cc1C1CCN(CC2CC(N(C)[C@@H](C(=O)O)C(C)C)CC2c2cccc(F)c2)CC1.Cl.Cl.Cl. The van der Waals surface area contributed by atoms with Crippen LogP contribution in [0.2, 0.25) is 0 Å². The van der Waals surface area contributed by atoms with Crippen LogP contribution >= 0.6 is 37.2 Å². The number of aromatic nitrogens is 2. The zero-order valence-corrected chi connectivity index (χ0v) is 31.8. The van der Waals surface area contributed by atoms with Crippen LogP contribution in [0.3, 0.4) is 0 Å². The molecule has 4 atom stereocenters. The van der Waals surface area contributed by atoms with E-state index in [0.29, 0.717) is 17.8 Å². The van der Waals surface area contributed by atoms with Gasteiger partial charge in [-0.1, -0.05) is 64.1 Å². The van der Waals surface area contributed by atoms with Gasteiger partial charge in [0.15, 0.2) is 0 Å². The number of benzene rings is 2. The summed E-state index contributed by atoms with van der Waals surface area (Å²) in [5.74, 6) is 0.648. The molecule has 0 amide bonds. The van der Waals surface area contributed by atoms with Crippen molar-refractivity contribution < 1.29 is 14.3 Å². The molecule has 2 aliphatic rings. The van der Waals surface area contributed by atoms with Gasteiger partial charge in [0.2, 0.25) is 0 Å². The molecule has 2 fully saturated rings. The summed E-state index contributed by atoms with van der Waals surface area (Å²) in [7, 11) is 1.96. The highest BCUT2D eigenvalue weighted by Crippen LogP contribution is 2.43. The Hall–Kier alpha value is -2.16. The van der Waals surface area contributed by atoms with Crippen molar-refractivity contribution in [1.82, 2.24) is 19.6 Å². The summed E-state index contributed by atoms with van der Waals surface area (Å²) in [6.07, 6.45) is 4.84. The predicted molar refractivity (Wildman–Crippen MR) is 201 cm³/mol. The van der Waals surface area contributed by atoms with Crippen LogP contribution in [0.5, 0.6) is 0 Å². The third-order valence-electron chi connectivity index (χ3n) is 10.5. The number of aliphatic carboxylic acids is 1. The van der Waals surface area contributed by atoms with Gasteiger partial charge in [-0.05, 0) is 111 Å². The monoisotopic (exact) mass is 724 g/mol. The van der Waals surface area contributed by atoms with Crippen LogP contribution in [-0.4, -0.2) is 69.4 Å². The molecule has 5 rings (SSSR count). The van der Waals surface area contributed by atoms with E-state index >= 15 is 0 Å². The lowest BCUT2D eigenvalue weighted by atomic mass is 9.87. The van der Waals surface area contributed by atoms with Gasteiger partial charge in [-0.25, -0.2) is 4.39 Å². The second-order valence-corrected chi connectivity index (χ2v) is 14.3. The Labute approximate surface area is 306 Å². The molecule has 0 spiro atoms. The van der Waals surface area contributed by atoms with Crippen LogP contribution in [0, 0.1) is 17.7 Å². The molecule has 48 heavy (non-hydrogen) atoms. The molecule has 2 aromatic carbocycles. The number of carboxylic acids is 1. The predicted octanol–water partition coefficient (Wildman–Crippen LogP) is 8.80. The molecule has 268 valence electrons. The maximum absolute atomic E-state index is 14.3. The number of rotatable bonds is 12. The normalized spacial score (nSPS) is 20.8. The van der Waals surface area contributed by atoms with Gasteiger partial charge in [0, 0.05) is 37.2 Å². The maximum Gasteiger partial charge on any atom is 0.321 e. The summed E-state index contributed by atoms with van der Waals surface area (Å²) in [6.45, 7) is 14.5. The highest BCUT2D eigenvalue weighted by atomic mass is 35.5. The minimum absolute atomic E-state index is 0. The van der Waals surface area contributed by atoms with E-state index in [0.717, 1.165) is 69.5 Å². The molecule has 3 unspecified atom stereocenters. The molecule has 3 aromatic rings. The largest absolute Gasteiger partial charge is 0.480 e. The van der Waals surface area contributed by atoms with E-state index in [4.69, 9.17) is 5.10 Å². The third kappa shape index (κ3) is 9.97. The average molecular weight is 726 g/mol. The van der Waals surface area contributed by atoms with Crippen LogP contribution in [0.25, 0.3) is 0 Å². The fraction of sp³-hybridized carbons (Fsp3) is 0.579. The highest BCUT2D eigenvalue weighted by Gasteiger charge is 2.42. The number of carbonyl (C=O) groups is 1. The first kappa shape index (κ1) is 42.0. The molecule has 0 radical (unpaired) electrons.